The molecule has 1 atom stereocenters. The van der Waals surface area contributed by atoms with Crippen LogP contribution in [-0.4, -0.2) is 25.2 Å². The minimum atomic E-state index is -0.678. The Balaban J connectivity index is 1.70. The highest BCUT2D eigenvalue weighted by atomic mass is 16.3. The molecule has 0 aliphatic heterocycles. The van der Waals surface area contributed by atoms with Gasteiger partial charge in [0.05, 0.1) is 12.6 Å². The van der Waals surface area contributed by atoms with Crippen LogP contribution in [0, 0.1) is 0 Å². The Morgan fingerprint density at radius 3 is 2.75 bits per heavy atom. The van der Waals surface area contributed by atoms with Crippen molar-refractivity contribution in [3.05, 3.63) is 64.7 Å². The van der Waals surface area contributed by atoms with Gasteiger partial charge >= 0.3 is 5.69 Å². The number of carbonyl (C=O) groups is 1. The van der Waals surface area contributed by atoms with Crippen LogP contribution in [0.1, 0.15) is 25.0 Å². The monoisotopic (exact) mass is 326 g/mol. The van der Waals surface area contributed by atoms with E-state index in [9.17, 15) is 14.7 Å². The van der Waals surface area contributed by atoms with Crippen LogP contribution in [0.15, 0.2) is 53.5 Å². The molecule has 2 heterocycles. The third kappa shape index (κ3) is 3.21. The number of carbonyl (C=O) groups excluding carboxylic acids is 1. The number of para-hydroxylation sites is 1. The lowest BCUT2D eigenvalue weighted by Gasteiger charge is -2.12. The van der Waals surface area contributed by atoms with Gasteiger partial charge in [0, 0.05) is 23.9 Å². The third-order valence-electron chi connectivity index (χ3n) is 3.72. The Morgan fingerprint density at radius 2 is 2.00 bits per heavy atom. The molecule has 0 aliphatic rings. The van der Waals surface area contributed by atoms with Gasteiger partial charge in [-0.2, -0.15) is 0 Å². The Kier molecular flexibility index (Phi) is 4.43. The average Bonchev–Trinajstić information content (AvgIpc) is 2.90. The number of hydrogen-bond acceptors (Lipinski definition) is 4. The molecule has 3 aromatic rings. The lowest BCUT2D eigenvalue weighted by Crippen LogP contribution is -2.24. The standard InChI is InChI=1S/C17H18N4O3/c1-12(22)13-6-2-3-7-14(13)18-16(23)9-11-21-17(24)20-10-5-4-8-15(20)19-21/h2-8,10,12,22H,9,11H2,1H3,(H,18,23). The summed E-state index contributed by atoms with van der Waals surface area (Å²) in [6.07, 6.45) is 1.07. The fourth-order valence-electron chi connectivity index (χ4n) is 2.51. The lowest BCUT2D eigenvalue weighted by atomic mass is 10.1. The Labute approximate surface area is 138 Å². The number of fused-ring (bicyclic) bond motifs is 1. The zero-order chi connectivity index (χ0) is 17.1. The van der Waals surface area contributed by atoms with Gasteiger partial charge < -0.3 is 10.4 Å². The van der Waals surface area contributed by atoms with Crippen LogP contribution in [0.4, 0.5) is 5.69 Å². The first-order valence-corrected chi connectivity index (χ1v) is 7.67. The molecule has 7 nitrogen and oxygen atoms in total. The van der Waals surface area contributed by atoms with Gasteiger partial charge in [0.15, 0.2) is 5.65 Å². The fraction of sp³-hybridized carbons (Fsp3) is 0.235. The van der Waals surface area contributed by atoms with Crippen molar-refractivity contribution in [2.24, 2.45) is 0 Å². The number of hydrogen-bond donors (Lipinski definition) is 2. The topological polar surface area (TPSA) is 88.6 Å². The molecule has 0 saturated heterocycles. The summed E-state index contributed by atoms with van der Waals surface area (Å²) in [5, 5.41) is 16.7. The maximum atomic E-state index is 12.1. The van der Waals surface area contributed by atoms with E-state index < -0.39 is 6.10 Å². The van der Waals surface area contributed by atoms with Gasteiger partial charge in [0.1, 0.15) is 0 Å². The molecule has 1 unspecified atom stereocenters. The first-order valence-electron chi connectivity index (χ1n) is 7.67. The number of nitrogens with zero attached hydrogens (tertiary/aromatic N) is 3. The summed E-state index contributed by atoms with van der Waals surface area (Å²) in [5.41, 5.74) is 1.49. The molecule has 1 aromatic carbocycles. The highest BCUT2D eigenvalue weighted by Gasteiger charge is 2.12. The number of anilines is 1. The molecule has 124 valence electrons. The van der Waals surface area contributed by atoms with Crippen molar-refractivity contribution in [3.63, 3.8) is 0 Å². The Morgan fingerprint density at radius 1 is 1.25 bits per heavy atom. The van der Waals surface area contributed by atoms with Gasteiger partial charge in [-0.3, -0.25) is 9.20 Å². The van der Waals surface area contributed by atoms with E-state index in [2.05, 4.69) is 10.4 Å². The highest BCUT2D eigenvalue weighted by Crippen LogP contribution is 2.22. The minimum Gasteiger partial charge on any atom is -0.389 e. The summed E-state index contributed by atoms with van der Waals surface area (Å²) in [4.78, 5) is 24.3. The number of aliphatic hydroxyl groups is 1. The molecule has 24 heavy (non-hydrogen) atoms. The van der Waals surface area contributed by atoms with Crippen molar-refractivity contribution >= 4 is 17.2 Å². The van der Waals surface area contributed by atoms with Gasteiger partial charge in [-0.25, -0.2) is 9.48 Å². The molecule has 2 aromatic heterocycles. The predicted octanol–water partition coefficient (Wildman–Crippen LogP) is 1.58. The molecule has 1 amide bonds. The van der Waals surface area contributed by atoms with Gasteiger partial charge in [0.25, 0.3) is 0 Å². The van der Waals surface area contributed by atoms with E-state index in [1.54, 1.807) is 55.6 Å². The summed E-state index contributed by atoms with van der Waals surface area (Å²) >= 11 is 0. The zero-order valence-electron chi connectivity index (χ0n) is 13.2. The number of amides is 1. The van der Waals surface area contributed by atoms with E-state index in [4.69, 9.17) is 0 Å². The van der Waals surface area contributed by atoms with Crippen LogP contribution < -0.4 is 11.0 Å². The SMILES string of the molecule is CC(O)c1ccccc1NC(=O)CCn1nc2ccccn2c1=O. The third-order valence-corrected chi connectivity index (χ3v) is 3.72. The van der Waals surface area contributed by atoms with Crippen molar-refractivity contribution in [2.45, 2.75) is 26.0 Å². The molecule has 0 radical (unpaired) electrons. The smallest absolute Gasteiger partial charge is 0.350 e. The van der Waals surface area contributed by atoms with Gasteiger partial charge in [0.2, 0.25) is 5.91 Å². The van der Waals surface area contributed by atoms with Crippen LogP contribution in [0.25, 0.3) is 5.65 Å². The quantitative estimate of drug-likeness (QED) is 0.745. The minimum absolute atomic E-state index is 0.109. The fourth-order valence-corrected chi connectivity index (χ4v) is 2.51. The molecule has 0 bridgehead atoms. The number of aromatic nitrogens is 3. The molecule has 0 aliphatic carbocycles. The Bertz CT molecular complexity index is 927. The molecular formula is C17H18N4O3. The van der Waals surface area contributed by atoms with Crippen LogP contribution in [0.5, 0.6) is 0 Å². The maximum absolute atomic E-state index is 12.1. The number of pyridine rings is 1. The van der Waals surface area contributed by atoms with Crippen molar-refractivity contribution in [3.8, 4) is 0 Å². The number of aliphatic hydroxyl groups excluding tert-OH is 1. The molecule has 0 spiro atoms. The van der Waals surface area contributed by atoms with Crippen LogP contribution in [0.2, 0.25) is 0 Å². The van der Waals surface area contributed by atoms with Crippen molar-refractivity contribution in [2.75, 3.05) is 5.32 Å². The lowest BCUT2D eigenvalue weighted by molar-refractivity contribution is -0.116. The second-order valence-corrected chi connectivity index (χ2v) is 5.50. The maximum Gasteiger partial charge on any atom is 0.350 e. The normalized spacial score (nSPS) is 12.2. The molecular weight excluding hydrogens is 308 g/mol. The second kappa shape index (κ2) is 6.67. The Hall–Kier alpha value is -2.93. The average molecular weight is 326 g/mol. The first kappa shape index (κ1) is 15.9. The summed E-state index contributed by atoms with van der Waals surface area (Å²) in [7, 11) is 0. The van der Waals surface area contributed by atoms with Crippen molar-refractivity contribution in [1.82, 2.24) is 14.2 Å². The summed E-state index contributed by atoms with van der Waals surface area (Å²) in [6.45, 7) is 1.82. The van der Waals surface area contributed by atoms with Crippen molar-refractivity contribution in [1.29, 1.82) is 0 Å². The second-order valence-electron chi connectivity index (χ2n) is 5.50. The molecule has 0 saturated carbocycles. The molecule has 3 rings (SSSR count). The van der Waals surface area contributed by atoms with E-state index in [1.165, 1.54) is 9.08 Å². The van der Waals surface area contributed by atoms with Crippen LogP contribution in [0.3, 0.4) is 0 Å². The van der Waals surface area contributed by atoms with Gasteiger partial charge in [-0.15, -0.1) is 5.10 Å². The molecule has 7 heteroatoms. The van der Waals surface area contributed by atoms with E-state index >= 15 is 0 Å². The zero-order valence-corrected chi connectivity index (χ0v) is 13.2. The first-order chi connectivity index (χ1) is 11.6. The van der Waals surface area contributed by atoms with E-state index in [1.807, 2.05) is 0 Å². The van der Waals surface area contributed by atoms with Gasteiger partial charge in [-0.05, 0) is 25.1 Å². The number of rotatable bonds is 5. The van der Waals surface area contributed by atoms with E-state index in [-0.39, 0.29) is 24.6 Å². The van der Waals surface area contributed by atoms with E-state index in [0.717, 1.165) is 0 Å². The van der Waals surface area contributed by atoms with Gasteiger partial charge in [-0.1, -0.05) is 24.3 Å². The molecule has 0 fully saturated rings. The van der Waals surface area contributed by atoms with Crippen molar-refractivity contribution < 1.29 is 9.90 Å². The summed E-state index contributed by atoms with van der Waals surface area (Å²) in [5.74, 6) is -0.243. The number of aryl methyl sites for hydroxylation is 1. The number of nitrogens with one attached hydrogen (secondary N) is 1. The summed E-state index contributed by atoms with van der Waals surface area (Å²) < 4.78 is 2.70. The highest BCUT2D eigenvalue weighted by molar-refractivity contribution is 5.91. The predicted molar refractivity (Wildman–Crippen MR) is 89.8 cm³/mol. The van der Waals surface area contributed by atoms with Crippen LogP contribution >= 0.6 is 0 Å². The molecule has 2 N–H and O–H groups in total. The largest absolute Gasteiger partial charge is 0.389 e. The number of benzene rings is 1. The van der Waals surface area contributed by atoms with E-state index in [0.29, 0.717) is 16.9 Å². The van der Waals surface area contributed by atoms with Crippen LogP contribution in [-0.2, 0) is 11.3 Å². The summed E-state index contributed by atoms with van der Waals surface area (Å²) in [6, 6.07) is 12.4.